The fourth-order valence-corrected chi connectivity index (χ4v) is 3.60. The van der Waals surface area contributed by atoms with Crippen molar-refractivity contribution in [2.75, 3.05) is 31.1 Å². The summed E-state index contributed by atoms with van der Waals surface area (Å²) in [4.78, 5) is 25.9. The van der Waals surface area contributed by atoms with Gasteiger partial charge in [-0.15, -0.1) is 0 Å². The molecule has 0 N–H and O–H groups in total. The first-order valence-corrected chi connectivity index (χ1v) is 9.56. The zero-order valence-electron chi connectivity index (χ0n) is 16.0. The Bertz CT molecular complexity index is 1130. The molecule has 4 aromatic rings. The van der Waals surface area contributed by atoms with E-state index in [1.807, 2.05) is 60.5 Å². The number of aryl methyl sites for hydroxylation is 1. The molecule has 1 aliphatic rings. The van der Waals surface area contributed by atoms with Crippen molar-refractivity contribution < 1.29 is 9.21 Å². The zero-order valence-corrected chi connectivity index (χ0v) is 16.0. The van der Waals surface area contributed by atoms with Crippen LogP contribution in [0.3, 0.4) is 0 Å². The first kappa shape index (κ1) is 17.4. The topological polar surface area (TPSA) is 80.3 Å². The number of carbonyl (C=O) groups is 1. The Balaban J connectivity index is 1.31. The van der Waals surface area contributed by atoms with Crippen molar-refractivity contribution in [1.29, 1.82) is 0 Å². The summed E-state index contributed by atoms with van der Waals surface area (Å²) in [5.74, 6) is 2.58. The summed E-state index contributed by atoms with van der Waals surface area (Å²) in [6.45, 7) is 4.48. The summed E-state index contributed by atoms with van der Waals surface area (Å²) in [7, 11) is 0. The summed E-state index contributed by atoms with van der Waals surface area (Å²) in [6.07, 6.45) is 3.58. The molecule has 0 saturated carbocycles. The van der Waals surface area contributed by atoms with Gasteiger partial charge in [0.25, 0.3) is 5.91 Å². The highest BCUT2D eigenvalue weighted by molar-refractivity contribution is 5.96. The maximum Gasteiger partial charge on any atom is 0.289 e. The average Bonchev–Trinajstić information content (AvgIpc) is 3.43. The summed E-state index contributed by atoms with van der Waals surface area (Å²) >= 11 is 0. The van der Waals surface area contributed by atoms with Crippen LogP contribution in [-0.4, -0.2) is 56.7 Å². The normalized spacial score (nSPS) is 14.5. The van der Waals surface area contributed by atoms with Gasteiger partial charge in [0.15, 0.2) is 11.6 Å². The standard InChI is InChI=1S/C21H20N6O2/c1-15-23-19(14-20(24-15)27-8-4-7-22-27)25-9-11-26(12-10-25)21(28)18-13-16-5-2-3-6-17(16)29-18/h2-8,13-14H,9-12H2,1H3. The Kier molecular flexibility index (Phi) is 4.23. The Morgan fingerprint density at radius 1 is 1.00 bits per heavy atom. The zero-order chi connectivity index (χ0) is 19.8. The van der Waals surface area contributed by atoms with Gasteiger partial charge in [-0.05, 0) is 25.1 Å². The number of anilines is 1. The van der Waals surface area contributed by atoms with Crippen LogP contribution in [-0.2, 0) is 0 Å². The Morgan fingerprint density at radius 3 is 2.55 bits per heavy atom. The van der Waals surface area contributed by atoms with Gasteiger partial charge in [-0.3, -0.25) is 4.79 Å². The number of para-hydroxylation sites is 1. The second-order valence-electron chi connectivity index (χ2n) is 7.01. The summed E-state index contributed by atoms with van der Waals surface area (Å²) in [5.41, 5.74) is 0.733. The van der Waals surface area contributed by atoms with Crippen molar-refractivity contribution in [3.63, 3.8) is 0 Å². The van der Waals surface area contributed by atoms with Crippen LogP contribution in [0.5, 0.6) is 0 Å². The number of benzene rings is 1. The van der Waals surface area contributed by atoms with E-state index in [0.29, 0.717) is 37.8 Å². The molecule has 0 unspecified atom stereocenters. The van der Waals surface area contributed by atoms with Crippen molar-refractivity contribution in [1.82, 2.24) is 24.6 Å². The third-order valence-electron chi connectivity index (χ3n) is 5.08. The van der Waals surface area contributed by atoms with E-state index in [0.717, 1.165) is 22.6 Å². The SMILES string of the molecule is Cc1nc(N2CCN(C(=O)c3cc4ccccc4o3)CC2)cc(-n2cccn2)n1. The largest absolute Gasteiger partial charge is 0.451 e. The van der Waals surface area contributed by atoms with Gasteiger partial charge in [0, 0.05) is 50.0 Å². The first-order valence-electron chi connectivity index (χ1n) is 9.56. The second-order valence-corrected chi connectivity index (χ2v) is 7.01. The molecule has 1 saturated heterocycles. The van der Waals surface area contributed by atoms with Gasteiger partial charge < -0.3 is 14.2 Å². The monoisotopic (exact) mass is 388 g/mol. The number of aromatic nitrogens is 4. The number of nitrogens with zero attached hydrogens (tertiary/aromatic N) is 6. The molecular formula is C21H20N6O2. The molecule has 1 aliphatic heterocycles. The predicted octanol–water partition coefficient (Wildman–Crippen LogP) is 2.68. The van der Waals surface area contributed by atoms with Crippen LogP contribution in [0.2, 0.25) is 0 Å². The molecule has 8 heteroatoms. The van der Waals surface area contributed by atoms with Gasteiger partial charge in [-0.1, -0.05) is 18.2 Å². The van der Waals surface area contributed by atoms with E-state index in [-0.39, 0.29) is 5.91 Å². The van der Waals surface area contributed by atoms with Crippen molar-refractivity contribution in [2.24, 2.45) is 0 Å². The van der Waals surface area contributed by atoms with E-state index >= 15 is 0 Å². The van der Waals surface area contributed by atoms with Gasteiger partial charge in [0.1, 0.15) is 17.2 Å². The molecule has 1 amide bonds. The molecule has 29 heavy (non-hydrogen) atoms. The third kappa shape index (κ3) is 3.33. The molecule has 0 radical (unpaired) electrons. The molecule has 0 spiro atoms. The van der Waals surface area contributed by atoms with Crippen molar-refractivity contribution in [2.45, 2.75) is 6.92 Å². The lowest BCUT2D eigenvalue weighted by Gasteiger charge is -2.35. The highest BCUT2D eigenvalue weighted by Crippen LogP contribution is 2.22. The van der Waals surface area contributed by atoms with Gasteiger partial charge in [0.2, 0.25) is 0 Å². The number of carbonyl (C=O) groups excluding carboxylic acids is 1. The van der Waals surface area contributed by atoms with Crippen LogP contribution >= 0.6 is 0 Å². The van der Waals surface area contributed by atoms with Crippen LogP contribution in [0.15, 0.2) is 59.3 Å². The fourth-order valence-electron chi connectivity index (χ4n) is 3.60. The molecule has 0 bridgehead atoms. The lowest BCUT2D eigenvalue weighted by Crippen LogP contribution is -2.49. The van der Waals surface area contributed by atoms with Crippen LogP contribution in [0.25, 0.3) is 16.8 Å². The molecule has 4 heterocycles. The number of hydrogen-bond acceptors (Lipinski definition) is 6. The number of piperazine rings is 1. The van der Waals surface area contributed by atoms with Crippen LogP contribution < -0.4 is 4.90 Å². The van der Waals surface area contributed by atoms with E-state index < -0.39 is 0 Å². The maximum atomic E-state index is 12.9. The number of furan rings is 1. The molecule has 1 aromatic carbocycles. The molecule has 1 fully saturated rings. The smallest absolute Gasteiger partial charge is 0.289 e. The summed E-state index contributed by atoms with van der Waals surface area (Å²) < 4.78 is 7.45. The van der Waals surface area contributed by atoms with E-state index in [4.69, 9.17) is 4.42 Å². The molecule has 3 aromatic heterocycles. The predicted molar refractivity (Wildman–Crippen MR) is 108 cm³/mol. The lowest BCUT2D eigenvalue weighted by atomic mass is 10.2. The Hall–Kier alpha value is -3.68. The molecule has 0 aliphatic carbocycles. The average molecular weight is 388 g/mol. The minimum absolute atomic E-state index is 0.0723. The fraction of sp³-hybridized carbons (Fsp3) is 0.238. The minimum atomic E-state index is -0.0723. The number of amides is 1. The minimum Gasteiger partial charge on any atom is -0.451 e. The second kappa shape index (κ2) is 7.05. The van der Waals surface area contributed by atoms with E-state index in [1.54, 1.807) is 10.9 Å². The van der Waals surface area contributed by atoms with Gasteiger partial charge in [0.05, 0.1) is 0 Å². The maximum absolute atomic E-state index is 12.9. The Labute approximate surface area is 167 Å². The number of hydrogen-bond donors (Lipinski definition) is 0. The van der Waals surface area contributed by atoms with Crippen LogP contribution in [0.1, 0.15) is 16.4 Å². The van der Waals surface area contributed by atoms with E-state index in [9.17, 15) is 4.79 Å². The first-order chi connectivity index (χ1) is 14.2. The van der Waals surface area contributed by atoms with Crippen LogP contribution in [0, 0.1) is 6.92 Å². The van der Waals surface area contributed by atoms with E-state index in [2.05, 4.69) is 20.0 Å². The highest BCUT2D eigenvalue weighted by Gasteiger charge is 2.25. The molecule has 8 nitrogen and oxygen atoms in total. The van der Waals surface area contributed by atoms with Crippen LogP contribution in [0.4, 0.5) is 5.82 Å². The van der Waals surface area contributed by atoms with Gasteiger partial charge in [-0.25, -0.2) is 14.6 Å². The van der Waals surface area contributed by atoms with Gasteiger partial charge in [-0.2, -0.15) is 5.10 Å². The highest BCUT2D eigenvalue weighted by atomic mass is 16.3. The van der Waals surface area contributed by atoms with Gasteiger partial charge >= 0.3 is 0 Å². The quantitative estimate of drug-likeness (QED) is 0.537. The summed E-state index contributed by atoms with van der Waals surface area (Å²) in [6, 6.07) is 13.3. The Morgan fingerprint density at radius 2 is 1.79 bits per heavy atom. The number of rotatable bonds is 3. The molecule has 5 rings (SSSR count). The molecule has 146 valence electrons. The lowest BCUT2D eigenvalue weighted by molar-refractivity contribution is 0.0717. The van der Waals surface area contributed by atoms with Crippen molar-refractivity contribution >= 4 is 22.7 Å². The van der Waals surface area contributed by atoms with E-state index in [1.165, 1.54) is 0 Å². The van der Waals surface area contributed by atoms with Crippen molar-refractivity contribution in [3.05, 3.63) is 66.4 Å². The summed E-state index contributed by atoms with van der Waals surface area (Å²) in [5, 5.41) is 5.19. The third-order valence-corrected chi connectivity index (χ3v) is 5.08. The molecular weight excluding hydrogens is 368 g/mol. The van der Waals surface area contributed by atoms with Crippen molar-refractivity contribution in [3.8, 4) is 5.82 Å². The number of fused-ring (bicyclic) bond motifs is 1. The molecule has 0 atom stereocenters.